The van der Waals surface area contributed by atoms with Gasteiger partial charge in [0.1, 0.15) is 5.69 Å². The Morgan fingerprint density at radius 2 is 1.77 bits per heavy atom. The lowest BCUT2D eigenvalue weighted by atomic mass is 10.2. The van der Waals surface area contributed by atoms with Crippen molar-refractivity contribution < 1.29 is 9.85 Å². The minimum Gasteiger partial charge on any atom is -0.365 e. The van der Waals surface area contributed by atoms with Crippen molar-refractivity contribution in [2.75, 3.05) is 11.9 Å². The number of rotatable bonds is 5. The van der Waals surface area contributed by atoms with E-state index < -0.39 is 9.85 Å². The van der Waals surface area contributed by atoms with Gasteiger partial charge >= 0.3 is 0 Å². The molecule has 0 fully saturated rings. The van der Waals surface area contributed by atoms with Gasteiger partial charge in [0, 0.05) is 24.7 Å². The predicted octanol–water partition coefficient (Wildman–Crippen LogP) is 3.79. The van der Waals surface area contributed by atoms with Crippen molar-refractivity contribution in [3.8, 4) is 0 Å². The Morgan fingerprint density at radius 3 is 2.36 bits per heavy atom. The summed E-state index contributed by atoms with van der Waals surface area (Å²) in [6.45, 7) is 0.346. The largest absolute Gasteiger partial charge is 0.365 e. The minimum atomic E-state index is -0.662. The van der Waals surface area contributed by atoms with Crippen molar-refractivity contribution in [2.45, 2.75) is 6.54 Å². The van der Waals surface area contributed by atoms with Crippen LogP contribution < -0.4 is 4.90 Å². The molecule has 0 aliphatic carbocycles. The predicted molar refractivity (Wildman–Crippen MR) is 83.3 cm³/mol. The van der Waals surface area contributed by atoms with E-state index in [0.29, 0.717) is 11.6 Å². The Balaban J connectivity index is 2.37. The van der Waals surface area contributed by atoms with Crippen LogP contribution in [0.4, 0.5) is 17.1 Å². The van der Waals surface area contributed by atoms with E-state index in [0.717, 1.165) is 11.6 Å². The number of anilines is 1. The molecule has 0 amide bonds. The first-order valence-corrected chi connectivity index (χ1v) is 6.65. The summed E-state index contributed by atoms with van der Waals surface area (Å²) >= 11 is 6.08. The number of nitro groups is 2. The van der Waals surface area contributed by atoms with E-state index in [2.05, 4.69) is 0 Å². The smallest absolute Gasteiger partial charge is 0.299 e. The van der Waals surface area contributed by atoms with Crippen LogP contribution in [-0.2, 0) is 6.54 Å². The second kappa shape index (κ2) is 6.40. The second-order valence-electron chi connectivity index (χ2n) is 4.63. The van der Waals surface area contributed by atoms with Crippen molar-refractivity contribution >= 4 is 28.7 Å². The summed E-state index contributed by atoms with van der Waals surface area (Å²) in [5.41, 5.74) is 0.459. The lowest BCUT2D eigenvalue weighted by Gasteiger charge is -2.19. The topological polar surface area (TPSA) is 89.5 Å². The maximum atomic E-state index is 11.2. The van der Waals surface area contributed by atoms with Gasteiger partial charge in [-0.05, 0) is 17.7 Å². The zero-order valence-electron chi connectivity index (χ0n) is 11.6. The van der Waals surface area contributed by atoms with Crippen LogP contribution in [0.15, 0.2) is 42.5 Å². The fourth-order valence-corrected chi connectivity index (χ4v) is 2.26. The molecule has 2 rings (SSSR count). The normalized spacial score (nSPS) is 10.3. The maximum absolute atomic E-state index is 11.2. The van der Waals surface area contributed by atoms with Crippen molar-refractivity contribution in [3.63, 3.8) is 0 Å². The highest BCUT2D eigenvalue weighted by atomic mass is 35.5. The molecule has 0 aliphatic rings. The quantitative estimate of drug-likeness (QED) is 0.617. The van der Waals surface area contributed by atoms with Crippen LogP contribution in [0.2, 0.25) is 5.02 Å². The molecule has 0 heterocycles. The summed E-state index contributed by atoms with van der Waals surface area (Å²) in [4.78, 5) is 22.2. The third-order valence-corrected chi connectivity index (χ3v) is 3.51. The van der Waals surface area contributed by atoms with E-state index in [1.807, 2.05) is 12.1 Å². The van der Waals surface area contributed by atoms with Crippen LogP contribution >= 0.6 is 11.6 Å². The van der Waals surface area contributed by atoms with Crippen LogP contribution in [-0.4, -0.2) is 16.9 Å². The van der Waals surface area contributed by atoms with Crippen molar-refractivity contribution in [1.82, 2.24) is 0 Å². The molecule has 0 N–H and O–H groups in total. The molecule has 114 valence electrons. The summed E-state index contributed by atoms with van der Waals surface area (Å²) in [6.07, 6.45) is 0. The van der Waals surface area contributed by atoms with Gasteiger partial charge < -0.3 is 4.90 Å². The molecule has 2 aromatic rings. The van der Waals surface area contributed by atoms with Gasteiger partial charge in [0.05, 0.1) is 15.9 Å². The van der Waals surface area contributed by atoms with Gasteiger partial charge in [-0.25, -0.2) is 0 Å². The first-order valence-electron chi connectivity index (χ1n) is 6.27. The minimum absolute atomic E-state index is 0.288. The number of nitrogens with zero attached hydrogens (tertiary/aromatic N) is 3. The second-order valence-corrected chi connectivity index (χ2v) is 5.04. The Labute approximate surface area is 131 Å². The molecule has 0 aromatic heterocycles. The summed E-state index contributed by atoms with van der Waals surface area (Å²) in [5, 5.41) is 22.4. The highest BCUT2D eigenvalue weighted by Gasteiger charge is 2.22. The lowest BCUT2D eigenvalue weighted by molar-refractivity contribution is -0.393. The molecule has 7 nitrogen and oxygen atoms in total. The summed E-state index contributed by atoms with van der Waals surface area (Å²) in [6, 6.07) is 10.7. The number of non-ortho nitro benzene ring substituents is 1. The molecule has 0 aliphatic heterocycles. The van der Waals surface area contributed by atoms with Gasteiger partial charge in [0.15, 0.2) is 0 Å². The molecule has 0 unspecified atom stereocenters. The molecule has 0 spiro atoms. The number of halogens is 1. The Morgan fingerprint density at radius 1 is 1.09 bits per heavy atom. The van der Waals surface area contributed by atoms with E-state index in [9.17, 15) is 20.2 Å². The van der Waals surface area contributed by atoms with Gasteiger partial charge in [-0.1, -0.05) is 29.8 Å². The average molecular weight is 322 g/mol. The van der Waals surface area contributed by atoms with Gasteiger partial charge in [0.2, 0.25) is 0 Å². The first kappa shape index (κ1) is 15.7. The highest BCUT2D eigenvalue weighted by Crippen LogP contribution is 2.32. The number of hydrogen-bond acceptors (Lipinski definition) is 5. The van der Waals surface area contributed by atoms with Crippen LogP contribution in [0.3, 0.4) is 0 Å². The van der Waals surface area contributed by atoms with Crippen LogP contribution in [0.25, 0.3) is 0 Å². The molecule has 0 bridgehead atoms. The zero-order valence-corrected chi connectivity index (χ0v) is 12.4. The molecule has 0 atom stereocenters. The fourth-order valence-electron chi connectivity index (χ4n) is 2.06. The van der Waals surface area contributed by atoms with Crippen molar-refractivity contribution in [1.29, 1.82) is 0 Å². The van der Waals surface area contributed by atoms with E-state index in [4.69, 9.17) is 11.6 Å². The van der Waals surface area contributed by atoms with Gasteiger partial charge in [-0.3, -0.25) is 20.2 Å². The fraction of sp³-hybridized carbons (Fsp3) is 0.143. The zero-order chi connectivity index (χ0) is 16.3. The maximum Gasteiger partial charge on any atom is 0.299 e. The van der Waals surface area contributed by atoms with Gasteiger partial charge in [-0.15, -0.1) is 0 Å². The van der Waals surface area contributed by atoms with Crippen molar-refractivity contribution in [3.05, 3.63) is 73.3 Å². The molecule has 8 heteroatoms. The lowest BCUT2D eigenvalue weighted by Crippen LogP contribution is -2.18. The molecule has 0 saturated heterocycles. The Bertz CT molecular complexity index is 736. The monoisotopic (exact) mass is 321 g/mol. The third kappa shape index (κ3) is 3.32. The van der Waals surface area contributed by atoms with E-state index >= 15 is 0 Å². The van der Waals surface area contributed by atoms with Crippen LogP contribution in [0.1, 0.15) is 5.56 Å². The molecule has 2 aromatic carbocycles. The Hall–Kier alpha value is -2.67. The summed E-state index contributed by atoms with van der Waals surface area (Å²) in [5.74, 6) is 0. The van der Waals surface area contributed by atoms with Crippen LogP contribution in [0.5, 0.6) is 0 Å². The number of nitro benzene ring substituents is 2. The average Bonchev–Trinajstić information content (AvgIpc) is 2.48. The molecular formula is C14H12ClN3O4. The number of hydrogen-bond donors (Lipinski definition) is 0. The molecular weight excluding hydrogens is 310 g/mol. The van der Waals surface area contributed by atoms with E-state index in [1.165, 1.54) is 12.1 Å². The number of benzene rings is 2. The van der Waals surface area contributed by atoms with Crippen LogP contribution in [0, 0.1) is 20.2 Å². The summed E-state index contributed by atoms with van der Waals surface area (Å²) < 4.78 is 0. The first-order chi connectivity index (χ1) is 10.4. The van der Waals surface area contributed by atoms with E-state index in [1.54, 1.807) is 24.1 Å². The standard InChI is InChI=1S/C14H12ClN3O4/c1-16(9-10-4-2-3-5-12(10)15)13-7-6-11(17(19)20)8-14(13)18(21)22/h2-8H,9H2,1H3. The molecule has 0 saturated carbocycles. The van der Waals surface area contributed by atoms with Gasteiger partial charge in [-0.2, -0.15) is 0 Å². The van der Waals surface area contributed by atoms with E-state index in [-0.39, 0.29) is 17.1 Å². The Kier molecular flexibility index (Phi) is 4.57. The van der Waals surface area contributed by atoms with Gasteiger partial charge in [0.25, 0.3) is 11.4 Å². The summed E-state index contributed by atoms with van der Waals surface area (Å²) in [7, 11) is 1.66. The SMILES string of the molecule is CN(Cc1ccccc1Cl)c1ccc([N+](=O)[O-])cc1[N+](=O)[O-]. The third-order valence-electron chi connectivity index (χ3n) is 3.14. The molecule has 0 radical (unpaired) electrons. The molecule has 22 heavy (non-hydrogen) atoms. The highest BCUT2D eigenvalue weighted by molar-refractivity contribution is 6.31. The van der Waals surface area contributed by atoms with Crippen molar-refractivity contribution in [2.24, 2.45) is 0 Å².